The third kappa shape index (κ3) is 1.82. The van der Waals surface area contributed by atoms with Gasteiger partial charge in [-0.3, -0.25) is 4.57 Å². The van der Waals surface area contributed by atoms with Gasteiger partial charge in [0.2, 0.25) is 0 Å². The molecular weight excluding hydrogens is 246 g/mol. The lowest BCUT2D eigenvalue weighted by atomic mass is 10.0. The van der Waals surface area contributed by atoms with Gasteiger partial charge >= 0.3 is 0 Å². The van der Waals surface area contributed by atoms with E-state index in [9.17, 15) is 5.11 Å². The molecular formula is C12H13N5O2. The third-order valence-electron chi connectivity index (χ3n) is 3.27. The Bertz CT molecular complexity index is 647. The van der Waals surface area contributed by atoms with Gasteiger partial charge in [-0.2, -0.15) is 0 Å². The van der Waals surface area contributed by atoms with Gasteiger partial charge in [-0.25, -0.2) is 15.0 Å². The molecule has 7 heteroatoms. The monoisotopic (exact) mass is 259 g/mol. The van der Waals surface area contributed by atoms with Crippen LogP contribution < -0.4 is 5.73 Å². The number of rotatable bonds is 2. The molecule has 0 aromatic carbocycles. The van der Waals surface area contributed by atoms with Crippen LogP contribution in [0.25, 0.3) is 11.2 Å². The molecule has 3 N–H and O–H groups in total. The summed E-state index contributed by atoms with van der Waals surface area (Å²) < 4.78 is 7.48. The molecule has 0 radical (unpaired) electrons. The van der Waals surface area contributed by atoms with Crippen molar-refractivity contribution in [1.82, 2.24) is 19.5 Å². The van der Waals surface area contributed by atoms with Gasteiger partial charge in [-0.05, 0) is 6.42 Å². The first-order valence-corrected chi connectivity index (χ1v) is 5.90. The van der Waals surface area contributed by atoms with E-state index < -0.39 is 0 Å². The largest absolute Gasteiger partial charge is 0.394 e. The van der Waals surface area contributed by atoms with Crippen LogP contribution in [0.3, 0.4) is 0 Å². The van der Waals surface area contributed by atoms with Crippen molar-refractivity contribution >= 4 is 17.0 Å². The second-order valence-corrected chi connectivity index (χ2v) is 4.42. The van der Waals surface area contributed by atoms with Crippen molar-refractivity contribution in [1.29, 1.82) is 0 Å². The van der Waals surface area contributed by atoms with Crippen LogP contribution in [0.1, 0.15) is 12.6 Å². The van der Waals surface area contributed by atoms with Crippen LogP contribution >= 0.6 is 0 Å². The number of aromatic nitrogens is 4. The summed E-state index contributed by atoms with van der Waals surface area (Å²) in [5.74, 6) is 2.87. The highest BCUT2D eigenvalue weighted by molar-refractivity contribution is 5.81. The first-order chi connectivity index (χ1) is 9.24. The van der Waals surface area contributed by atoms with E-state index in [-0.39, 0.29) is 24.9 Å². The lowest BCUT2D eigenvalue weighted by Crippen LogP contribution is -2.16. The van der Waals surface area contributed by atoms with E-state index in [1.54, 1.807) is 10.9 Å². The molecule has 2 aromatic heterocycles. The van der Waals surface area contributed by atoms with Crippen molar-refractivity contribution in [3.05, 3.63) is 12.7 Å². The van der Waals surface area contributed by atoms with Gasteiger partial charge in [0.25, 0.3) is 0 Å². The van der Waals surface area contributed by atoms with Gasteiger partial charge in [0.1, 0.15) is 11.8 Å². The fourth-order valence-corrected chi connectivity index (χ4v) is 2.33. The number of hydrogen-bond acceptors (Lipinski definition) is 6. The molecule has 0 saturated carbocycles. The molecule has 3 rings (SSSR count). The fourth-order valence-electron chi connectivity index (χ4n) is 2.33. The molecule has 3 heterocycles. The maximum atomic E-state index is 9.19. The smallest absolute Gasteiger partial charge is 0.167 e. The summed E-state index contributed by atoms with van der Waals surface area (Å²) >= 11 is 0. The van der Waals surface area contributed by atoms with Crippen molar-refractivity contribution < 1.29 is 9.84 Å². The van der Waals surface area contributed by atoms with E-state index in [4.69, 9.17) is 16.9 Å². The molecule has 0 aliphatic carbocycles. The minimum Gasteiger partial charge on any atom is -0.394 e. The number of anilines is 1. The zero-order valence-corrected chi connectivity index (χ0v) is 10.1. The molecule has 2 aromatic rings. The van der Waals surface area contributed by atoms with E-state index in [2.05, 4.69) is 20.9 Å². The predicted octanol–water partition coefficient (Wildman–Crippen LogP) is -0.0623. The minimum absolute atomic E-state index is 0.0571. The molecule has 0 amide bonds. The zero-order valence-electron chi connectivity index (χ0n) is 10.1. The summed E-state index contributed by atoms with van der Waals surface area (Å²) in [7, 11) is 0. The average molecular weight is 259 g/mol. The Kier molecular flexibility index (Phi) is 2.81. The molecule has 0 bridgehead atoms. The Morgan fingerprint density at radius 1 is 1.53 bits per heavy atom. The lowest BCUT2D eigenvalue weighted by Gasteiger charge is -2.16. The first-order valence-electron chi connectivity index (χ1n) is 5.90. The highest BCUT2D eigenvalue weighted by Crippen LogP contribution is 2.35. The highest BCUT2D eigenvalue weighted by atomic mass is 16.5. The number of fused-ring (bicyclic) bond motifs is 1. The van der Waals surface area contributed by atoms with Crippen LogP contribution in [-0.4, -0.2) is 37.3 Å². The molecule has 19 heavy (non-hydrogen) atoms. The second-order valence-electron chi connectivity index (χ2n) is 4.42. The maximum absolute atomic E-state index is 9.19. The lowest BCUT2D eigenvalue weighted by molar-refractivity contribution is -0.0262. The first kappa shape index (κ1) is 11.9. The van der Waals surface area contributed by atoms with Gasteiger partial charge in [0.15, 0.2) is 17.7 Å². The number of nitrogens with two attached hydrogens (primary N) is 1. The number of imidazole rings is 1. The molecule has 1 aliphatic rings. The maximum Gasteiger partial charge on any atom is 0.167 e. The standard InChI is InChI=1S/C12H13N5O2/c1-2-7-3-8(4-18)19-12(7)17-6-16-9-10(13)14-5-15-11(9)17/h1,5-8,12,18H,3-4H2,(H2,13,14,15). The van der Waals surface area contributed by atoms with E-state index in [1.165, 1.54) is 6.33 Å². The molecule has 7 nitrogen and oxygen atoms in total. The van der Waals surface area contributed by atoms with E-state index in [1.807, 2.05) is 0 Å². The van der Waals surface area contributed by atoms with E-state index in [0.29, 0.717) is 23.4 Å². The average Bonchev–Trinajstić information content (AvgIpc) is 3.02. The summed E-state index contributed by atoms with van der Waals surface area (Å²) in [6.07, 6.45) is 8.44. The minimum atomic E-state index is -0.388. The molecule has 1 aliphatic heterocycles. The van der Waals surface area contributed by atoms with Crippen molar-refractivity contribution in [2.75, 3.05) is 12.3 Å². The van der Waals surface area contributed by atoms with Crippen LogP contribution in [0.15, 0.2) is 12.7 Å². The summed E-state index contributed by atoms with van der Waals surface area (Å²) in [4.78, 5) is 12.2. The Balaban J connectivity index is 2.05. The van der Waals surface area contributed by atoms with Crippen molar-refractivity contribution in [2.45, 2.75) is 18.8 Å². The predicted molar refractivity (Wildman–Crippen MR) is 67.7 cm³/mol. The Morgan fingerprint density at radius 2 is 2.37 bits per heavy atom. The van der Waals surface area contributed by atoms with Crippen molar-refractivity contribution in [2.24, 2.45) is 5.92 Å². The Labute approximate surface area is 109 Å². The number of aliphatic hydroxyl groups is 1. The van der Waals surface area contributed by atoms with Gasteiger partial charge in [0, 0.05) is 0 Å². The van der Waals surface area contributed by atoms with Crippen molar-refractivity contribution in [3.8, 4) is 12.3 Å². The van der Waals surface area contributed by atoms with E-state index in [0.717, 1.165) is 0 Å². The molecule has 3 unspecified atom stereocenters. The van der Waals surface area contributed by atoms with Crippen LogP contribution in [0.2, 0.25) is 0 Å². The third-order valence-corrected chi connectivity index (χ3v) is 3.27. The van der Waals surface area contributed by atoms with Crippen LogP contribution in [0.5, 0.6) is 0 Å². The van der Waals surface area contributed by atoms with Crippen LogP contribution in [-0.2, 0) is 4.74 Å². The van der Waals surface area contributed by atoms with Gasteiger partial charge < -0.3 is 15.6 Å². The second kappa shape index (κ2) is 4.50. The van der Waals surface area contributed by atoms with Gasteiger partial charge in [0.05, 0.1) is 25.0 Å². The number of terminal acetylenes is 1. The Hall–Kier alpha value is -2.17. The summed E-state index contributed by atoms with van der Waals surface area (Å²) in [6, 6.07) is 0. The number of hydrogen-bond donors (Lipinski definition) is 2. The number of ether oxygens (including phenoxy) is 1. The normalized spacial score (nSPS) is 26.6. The summed E-state index contributed by atoms with van der Waals surface area (Å²) in [6.45, 7) is -0.0571. The SMILES string of the molecule is C#CC1CC(CO)OC1n1cnc2c(N)ncnc21. The molecule has 3 atom stereocenters. The van der Waals surface area contributed by atoms with Crippen molar-refractivity contribution in [3.63, 3.8) is 0 Å². The summed E-state index contributed by atoms with van der Waals surface area (Å²) in [5, 5.41) is 9.19. The van der Waals surface area contributed by atoms with Gasteiger partial charge in [-0.15, -0.1) is 6.42 Å². The molecule has 0 spiro atoms. The molecule has 1 saturated heterocycles. The Morgan fingerprint density at radius 3 is 3.11 bits per heavy atom. The van der Waals surface area contributed by atoms with Crippen LogP contribution in [0.4, 0.5) is 5.82 Å². The zero-order chi connectivity index (χ0) is 13.4. The number of aliphatic hydroxyl groups excluding tert-OH is 1. The fraction of sp³-hybridized carbons (Fsp3) is 0.417. The quantitative estimate of drug-likeness (QED) is 0.733. The highest BCUT2D eigenvalue weighted by Gasteiger charge is 2.36. The van der Waals surface area contributed by atoms with Crippen LogP contribution in [0, 0.1) is 18.3 Å². The molecule has 98 valence electrons. The molecule has 1 fully saturated rings. The van der Waals surface area contributed by atoms with Gasteiger partial charge in [-0.1, -0.05) is 5.92 Å². The number of nitrogens with zero attached hydrogens (tertiary/aromatic N) is 4. The summed E-state index contributed by atoms with van der Waals surface area (Å²) in [5.41, 5.74) is 6.84. The number of nitrogen functional groups attached to an aromatic ring is 1. The van der Waals surface area contributed by atoms with E-state index >= 15 is 0 Å². The topological polar surface area (TPSA) is 99.1 Å².